The summed E-state index contributed by atoms with van der Waals surface area (Å²) in [6.45, 7) is 4.93. The molecule has 4 aromatic rings. The van der Waals surface area contributed by atoms with Gasteiger partial charge in [0.25, 0.3) is 0 Å². The Morgan fingerprint density at radius 1 is 1.03 bits per heavy atom. The second-order valence-electron chi connectivity index (χ2n) is 7.65. The second-order valence-corrected chi connectivity index (χ2v) is 8.66. The quantitative estimate of drug-likeness (QED) is 0.509. The third-order valence-corrected chi connectivity index (χ3v) is 6.87. The van der Waals surface area contributed by atoms with Crippen molar-refractivity contribution in [2.75, 3.05) is 31.1 Å². The Morgan fingerprint density at radius 3 is 2.42 bits per heavy atom. The number of anilines is 1. The van der Waals surface area contributed by atoms with Crippen molar-refractivity contribution < 1.29 is 9.50 Å². The molecule has 8 heteroatoms. The molecule has 1 unspecified atom stereocenters. The van der Waals surface area contributed by atoms with Crippen LogP contribution < -0.4 is 4.90 Å². The SMILES string of the molecule is CCc1nc2sc(C(c3ccccc3)N3CCN(c4ccccc4F)CC3)c(O)n2n1. The van der Waals surface area contributed by atoms with E-state index in [9.17, 15) is 9.50 Å². The van der Waals surface area contributed by atoms with Crippen LogP contribution in [0.2, 0.25) is 0 Å². The molecule has 0 radical (unpaired) electrons. The van der Waals surface area contributed by atoms with Crippen molar-refractivity contribution in [2.45, 2.75) is 19.4 Å². The number of hydrogen-bond acceptors (Lipinski definition) is 6. The Morgan fingerprint density at radius 2 is 1.74 bits per heavy atom. The van der Waals surface area contributed by atoms with Gasteiger partial charge in [-0.1, -0.05) is 60.7 Å². The molecule has 1 aliphatic rings. The predicted octanol–water partition coefficient (Wildman–Crippen LogP) is 4.11. The van der Waals surface area contributed by atoms with Gasteiger partial charge in [-0.3, -0.25) is 4.90 Å². The second kappa shape index (κ2) is 8.28. The van der Waals surface area contributed by atoms with Gasteiger partial charge in [-0.05, 0) is 17.7 Å². The lowest BCUT2D eigenvalue weighted by atomic mass is 10.0. The topological polar surface area (TPSA) is 56.9 Å². The van der Waals surface area contributed by atoms with E-state index < -0.39 is 0 Å². The van der Waals surface area contributed by atoms with Crippen LogP contribution in [0, 0.1) is 5.82 Å². The van der Waals surface area contributed by atoms with Crippen molar-refractivity contribution in [1.82, 2.24) is 19.5 Å². The number of fused-ring (bicyclic) bond motifs is 1. The monoisotopic (exact) mass is 437 g/mol. The summed E-state index contributed by atoms with van der Waals surface area (Å²) in [6.07, 6.45) is 0.725. The summed E-state index contributed by atoms with van der Waals surface area (Å²) in [6, 6.07) is 17.0. The average Bonchev–Trinajstić information content (AvgIpc) is 3.35. The standard InChI is InChI=1S/C23H24FN5OS/c1-2-19-25-23-29(26-19)22(30)21(31-23)20(16-8-4-3-5-9-16)28-14-12-27(13-15-28)18-11-7-6-10-17(18)24/h3-11,20,30H,2,12-15H2,1H3. The minimum atomic E-state index is -0.189. The number of halogens is 1. The van der Waals surface area contributed by atoms with Gasteiger partial charge in [0, 0.05) is 32.6 Å². The normalized spacial score (nSPS) is 16.1. The zero-order valence-electron chi connectivity index (χ0n) is 17.3. The number of aromatic hydroxyl groups is 1. The van der Waals surface area contributed by atoms with Gasteiger partial charge in [0.15, 0.2) is 5.82 Å². The first-order valence-electron chi connectivity index (χ1n) is 10.5. The lowest BCUT2D eigenvalue weighted by molar-refractivity contribution is 0.210. The largest absolute Gasteiger partial charge is 0.492 e. The minimum absolute atomic E-state index is 0.109. The van der Waals surface area contributed by atoms with Gasteiger partial charge in [0.2, 0.25) is 10.8 Å². The summed E-state index contributed by atoms with van der Waals surface area (Å²) in [5.74, 6) is 0.686. The number of nitrogens with zero attached hydrogens (tertiary/aromatic N) is 5. The molecule has 1 N–H and O–H groups in total. The maximum absolute atomic E-state index is 14.3. The smallest absolute Gasteiger partial charge is 0.230 e. The van der Waals surface area contributed by atoms with Gasteiger partial charge in [0.05, 0.1) is 16.6 Å². The molecule has 3 heterocycles. The molecule has 1 atom stereocenters. The zero-order valence-corrected chi connectivity index (χ0v) is 18.1. The number of piperazine rings is 1. The van der Waals surface area contributed by atoms with Crippen LogP contribution in [-0.2, 0) is 6.42 Å². The number of aromatic nitrogens is 3. The van der Waals surface area contributed by atoms with Crippen molar-refractivity contribution in [2.24, 2.45) is 0 Å². The molecular weight excluding hydrogens is 413 g/mol. The first-order valence-corrected chi connectivity index (χ1v) is 11.3. The van der Waals surface area contributed by atoms with E-state index in [0.717, 1.165) is 35.8 Å². The highest BCUT2D eigenvalue weighted by Gasteiger charge is 2.32. The molecule has 1 fully saturated rings. The molecule has 0 bridgehead atoms. The predicted molar refractivity (Wildman–Crippen MR) is 120 cm³/mol. The number of aryl methyl sites for hydroxylation is 1. The number of hydrogen-bond donors (Lipinski definition) is 1. The van der Waals surface area contributed by atoms with E-state index in [2.05, 4.69) is 32.0 Å². The van der Waals surface area contributed by atoms with E-state index in [1.807, 2.05) is 37.3 Å². The third kappa shape index (κ3) is 3.66. The van der Waals surface area contributed by atoms with Crippen LogP contribution in [0.3, 0.4) is 0 Å². The fourth-order valence-corrected chi connectivity index (χ4v) is 5.35. The van der Waals surface area contributed by atoms with Crippen LogP contribution in [0.5, 0.6) is 5.88 Å². The van der Waals surface area contributed by atoms with Crippen LogP contribution in [0.15, 0.2) is 54.6 Å². The summed E-state index contributed by atoms with van der Waals surface area (Å²) in [5.41, 5.74) is 1.75. The van der Waals surface area contributed by atoms with Crippen LogP contribution in [-0.4, -0.2) is 50.8 Å². The molecule has 1 saturated heterocycles. The van der Waals surface area contributed by atoms with Crippen molar-refractivity contribution in [3.63, 3.8) is 0 Å². The number of para-hydroxylation sites is 1. The van der Waals surface area contributed by atoms with Crippen LogP contribution in [0.25, 0.3) is 4.96 Å². The van der Waals surface area contributed by atoms with Gasteiger partial charge in [-0.15, -0.1) is 5.10 Å². The molecule has 0 saturated carbocycles. The van der Waals surface area contributed by atoms with Crippen molar-refractivity contribution in [3.05, 3.63) is 76.7 Å². The molecule has 0 spiro atoms. The Balaban J connectivity index is 1.47. The van der Waals surface area contributed by atoms with Crippen LogP contribution in [0.4, 0.5) is 10.1 Å². The fraction of sp³-hybridized carbons (Fsp3) is 0.304. The van der Waals surface area contributed by atoms with Crippen LogP contribution >= 0.6 is 11.3 Å². The lowest BCUT2D eigenvalue weighted by Crippen LogP contribution is -2.48. The van der Waals surface area contributed by atoms with Crippen molar-refractivity contribution in [1.29, 1.82) is 0 Å². The molecule has 0 aliphatic carbocycles. The zero-order chi connectivity index (χ0) is 21.4. The summed E-state index contributed by atoms with van der Waals surface area (Å²) in [5, 5.41) is 15.4. The van der Waals surface area contributed by atoms with Gasteiger partial charge in [-0.25, -0.2) is 9.37 Å². The molecule has 5 rings (SSSR count). The van der Waals surface area contributed by atoms with Crippen molar-refractivity contribution >= 4 is 22.0 Å². The van der Waals surface area contributed by atoms with Gasteiger partial charge in [-0.2, -0.15) is 4.52 Å². The Bertz CT molecular complexity index is 1180. The highest BCUT2D eigenvalue weighted by molar-refractivity contribution is 7.17. The first-order chi connectivity index (χ1) is 15.2. The maximum Gasteiger partial charge on any atom is 0.230 e. The number of benzene rings is 2. The summed E-state index contributed by atoms with van der Waals surface area (Å²) in [4.78, 5) is 10.5. The molecule has 160 valence electrons. The van der Waals surface area contributed by atoms with Crippen molar-refractivity contribution in [3.8, 4) is 5.88 Å². The Hall–Kier alpha value is -2.97. The van der Waals surface area contributed by atoms with Crippen LogP contribution in [0.1, 0.15) is 29.2 Å². The summed E-state index contributed by atoms with van der Waals surface area (Å²) >= 11 is 1.48. The summed E-state index contributed by atoms with van der Waals surface area (Å²) in [7, 11) is 0. The van der Waals surface area contributed by atoms with Gasteiger partial charge in [0.1, 0.15) is 5.82 Å². The number of rotatable bonds is 5. The van der Waals surface area contributed by atoms with E-state index >= 15 is 0 Å². The Labute approximate surface area is 184 Å². The Kier molecular flexibility index (Phi) is 5.33. The van der Waals surface area contributed by atoms with Gasteiger partial charge >= 0.3 is 0 Å². The molecule has 0 amide bonds. The number of thiazole rings is 1. The third-order valence-electron chi connectivity index (χ3n) is 5.80. The highest BCUT2D eigenvalue weighted by Crippen LogP contribution is 2.40. The molecule has 1 aliphatic heterocycles. The van der Waals surface area contributed by atoms with E-state index in [-0.39, 0.29) is 17.7 Å². The van der Waals surface area contributed by atoms with E-state index in [1.54, 1.807) is 10.6 Å². The molecule has 2 aromatic carbocycles. The molecule has 2 aromatic heterocycles. The van der Waals surface area contributed by atoms with E-state index in [4.69, 9.17) is 0 Å². The average molecular weight is 438 g/mol. The minimum Gasteiger partial charge on any atom is -0.492 e. The lowest BCUT2D eigenvalue weighted by Gasteiger charge is -2.40. The van der Waals surface area contributed by atoms with E-state index in [0.29, 0.717) is 23.7 Å². The first kappa shape index (κ1) is 20.0. The molecule has 6 nitrogen and oxygen atoms in total. The van der Waals surface area contributed by atoms with Gasteiger partial charge < -0.3 is 10.0 Å². The molecule has 31 heavy (non-hydrogen) atoms. The van der Waals surface area contributed by atoms with E-state index in [1.165, 1.54) is 17.4 Å². The molecular formula is C23H24FN5OS. The fourth-order valence-electron chi connectivity index (χ4n) is 4.21. The highest BCUT2D eigenvalue weighted by atomic mass is 32.1. The maximum atomic E-state index is 14.3. The summed E-state index contributed by atoms with van der Waals surface area (Å²) < 4.78 is 15.8.